The Balaban J connectivity index is 1.31. The zero-order valence-electron chi connectivity index (χ0n) is 16.1. The van der Waals surface area contributed by atoms with Gasteiger partial charge in [0.15, 0.2) is 0 Å². The van der Waals surface area contributed by atoms with Crippen LogP contribution in [-0.2, 0) is 11.3 Å². The second-order valence-electron chi connectivity index (χ2n) is 8.45. The fraction of sp³-hybridized carbons (Fsp3) is 0.714. The minimum atomic E-state index is 0.0683. The van der Waals surface area contributed by atoms with Crippen molar-refractivity contribution in [1.82, 2.24) is 15.1 Å². The first-order valence-electron chi connectivity index (χ1n) is 10.5. The van der Waals surface area contributed by atoms with Crippen molar-refractivity contribution in [1.29, 1.82) is 0 Å². The standard InChI is InChI=1S/C21H31N3O2S/c25-20(18-7-8-18)23-10-3-4-16(13-23)12-22-21(26)24(19-5-1-2-6-19)14-17-9-11-27-15-17/h9,11,15-16,18-19H,1-8,10,12-14H2,(H,22,26)/t16-/m0/s1. The zero-order chi connectivity index (χ0) is 18.6. The summed E-state index contributed by atoms with van der Waals surface area (Å²) in [4.78, 5) is 29.4. The number of hydrogen-bond donors (Lipinski definition) is 1. The molecular formula is C21H31N3O2S. The van der Waals surface area contributed by atoms with Gasteiger partial charge in [0.25, 0.3) is 0 Å². The van der Waals surface area contributed by atoms with Crippen LogP contribution < -0.4 is 5.32 Å². The molecule has 5 nitrogen and oxygen atoms in total. The molecule has 3 aliphatic rings. The molecule has 0 aromatic carbocycles. The quantitative estimate of drug-likeness (QED) is 0.803. The molecular weight excluding hydrogens is 358 g/mol. The maximum absolute atomic E-state index is 13.0. The van der Waals surface area contributed by atoms with Gasteiger partial charge in [-0.05, 0) is 66.8 Å². The first-order valence-corrected chi connectivity index (χ1v) is 11.5. The van der Waals surface area contributed by atoms with Gasteiger partial charge in [-0.1, -0.05) is 12.8 Å². The lowest BCUT2D eigenvalue weighted by molar-refractivity contribution is -0.134. The summed E-state index contributed by atoms with van der Waals surface area (Å²) in [6, 6.07) is 2.55. The monoisotopic (exact) mass is 389 g/mol. The van der Waals surface area contributed by atoms with Crippen LogP contribution in [0.5, 0.6) is 0 Å². The number of nitrogens with one attached hydrogen (secondary N) is 1. The van der Waals surface area contributed by atoms with Crippen LogP contribution in [0.1, 0.15) is 56.9 Å². The normalized spacial score (nSPS) is 23.4. The number of urea groups is 1. The topological polar surface area (TPSA) is 52.7 Å². The number of rotatable bonds is 6. The van der Waals surface area contributed by atoms with Crippen molar-refractivity contribution in [2.24, 2.45) is 11.8 Å². The zero-order valence-corrected chi connectivity index (χ0v) is 16.9. The van der Waals surface area contributed by atoms with Crippen LogP contribution in [0.25, 0.3) is 0 Å². The number of carbonyl (C=O) groups excluding carboxylic acids is 2. The third kappa shape index (κ3) is 4.84. The van der Waals surface area contributed by atoms with Crippen molar-refractivity contribution in [3.8, 4) is 0 Å². The van der Waals surface area contributed by atoms with Crippen LogP contribution in [0.15, 0.2) is 16.8 Å². The molecule has 1 atom stereocenters. The fourth-order valence-corrected chi connectivity index (χ4v) is 5.18. The van der Waals surface area contributed by atoms with Gasteiger partial charge in [-0.15, -0.1) is 0 Å². The highest BCUT2D eigenvalue weighted by Crippen LogP contribution is 2.32. The summed E-state index contributed by atoms with van der Waals surface area (Å²) >= 11 is 1.69. The molecule has 1 N–H and O–H groups in total. The predicted octanol–water partition coefficient (Wildman–Crippen LogP) is 3.85. The van der Waals surface area contributed by atoms with Crippen LogP contribution >= 0.6 is 11.3 Å². The molecule has 2 aliphatic carbocycles. The number of thiophene rings is 1. The van der Waals surface area contributed by atoms with Gasteiger partial charge in [-0.3, -0.25) is 4.79 Å². The minimum absolute atomic E-state index is 0.0683. The molecule has 0 radical (unpaired) electrons. The molecule has 1 aromatic heterocycles. The number of nitrogens with zero attached hydrogens (tertiary/aromatic N) is 2. The molecule has 0 bridgehead atoms. The molecule has 3 amide bonds. The van der Waals surface area contributed by atoms with Gasteiger partial charge in [-0.2, -0.15) is 11.3 Å². The summed E-state index contributed by atoms with van der Waals surface area (Å²) in [5.74, 6) is 1.02. The van der Waals surface area contributed by atoms with Crippen LogP contribution in [0.4, 0.5) is 4.79 Å². The Kier molecular flexibility index (Phi) is 6.01. The molecule has 1 saturated heterocycles. The van der Waals surface area contributed by atoms with Crippen LogP contribution in [-0.4, -0.2) is 47.4 Å². The Morgan fingerprint density at radius 2 is 1.96 bits per heavy atom. The molecule has 3 fully saturated rings. The molecule has 4 rings (SSSR count). The molecule has 0 unspecified atom stereocenters. The summed E-state index contributed by atoms with van der Waals surface area (Å²) in [6.07, 6.45) is 8.96. The highest BCUT2D eigenvalue weighted by atomic mass is 32.1. The largest absolute Gasteiger partial charge is 0.342 e. The lowest BCUT2D eigenvalue weighted by atomic mass is 9.97. The second kappa shape index (κ2) is 8.63. The van der Waals surface area contributed by atoms with Crippen molar-refractivity contribution < 1.29 is 9.59 Å². The smallest absolute Gasteiger partial charge is 0.317 e. The summed E-state index contributed by atoms with van der Waals surface area (Å²) in [7, 11) is 0. The number of piperidine rings is 1. The van der Waals surface area contributed by atoms with Crippen molar-refractivity contribution in [2.75, 3.05) is 19.6 Å². The molecule has 148 valence electrons. The Hall–Kier alpha value is -1.56. The van der Waals surface area contributed by atoms with Gasteiger partial charge < -0.3 is 15.1 Å². The first-order chi connectivity index (χ1) is 13.2. The van der Waals surface area contributed by atoms with Crippen molar-refractivity contribution in [3.63, 3.8) is 0 Å². The maximum Gasteiger partial charge on any atom is 0.317 e. The van der Waals surface area contributed by atoms with E-state index >= 15 is 0 Å². The Labute approximate surface area is 166 Å². The van der Waals surface area contributed by atoms with E-state index in [2.05, 4.69) is 22.1 Å². The van der Waals surface area contributed by atoms with Crippen LogP contribution in [0.3, 0.4) is 0 Å². The molecule has 2 heterocycles. The SMILES string of the molecule is O=C(C1CC1)N1CCC[C@@H](CNC(=O)N(Cc2ccsc2)C2CCCC2)C1. The fourth-order valence-electron chi connectivity index (χ4n) is 4.52. The van der Waals surface area contributed by atoms with Gasteiger partial charge in [0.05, 0.1) is 0 Å². The maximum atomic E-state index is 13.0. The van der Waals surface area contributed by atoms with E-state index in [1.54, 1.807) is 11.3 Å². The second-order valence-corrected chi connectivity index (χ2v) is 9.23. The first kappa shape index (κ1) is 18.8. The van der Waals surface area contributed by atoms with E-state index in [1.165, 1.54) is 18.4 Å². The highest BCUT2D eigenvalue weighted by Gasteiger charge is 2.35. The van der Waals surface area contributed by atoms with Crippen molar-refractivity contribution in [3.05, 3.63) is 22.4 Å². The number of likely N-dealkylation sites (tertiary alicyclic amines) is 1. The van der Waals surface area contributed by atoms with E-state index in [4.69, 9.17) is 0 Å². The van der Waals surface area contributed by atoms with E-state index in [-0.39, 0.29) is 6.03 Å². The van der Waals surface area contributed by atoms with E-state index < -0.39 is 0 Å². The summed E-state index contributed by atoms with van der Waals surface area (Å²) in [6.45, 7) is 3.09. The molecule has 1 aromatic rings. The molecule has 0 spiro atoms. The van der Waals surface area contributed by atoms with E-state index in [1.807, 2.05) is 9.80 Å². The molecule has 27 heavy (non-hydrogen) atoms. The summed E-state index contributed by atoms with van der Waals surface area (Å²) < 4.78 is 0. The lowest BCUT2D eigenvalue weighted by Gasteiger charge is -2.34. The van der Waals surface area contributed by atoms with Gasteiger partial charge >= 0.3 is 6.03 Å². The molecule has 2 saturated carbocycles. The lowest BCUT2D eigenvalue weighted by Crippen LogP contribution is -2.48. The predicted molar refractivity (Wildman–Crippen MR) is 108 cm³/mol. The highest BCUT2D eigenvalue weighted by molar-refractivity contribution is 7.07. The molecule has 6 heteroatoms. The van der Waals surface area contributed by atoms with Crippen molar-refractivity contribution in [2.45, 2.75) is 64.0 Å². The third-order valence-electron chi connectivity index (χ3n) is 6.26. The van der Waals surface area contributed by atoms with Crippen LogP contribution in [0.2, 0.25) is 0 Å². The van der Waals surface area contributed by atoms with E-state index in [0.717, 1.165) is 51.6 Å². The Morgan fingerprint density at radius 3 is 2.67 bits per heavy atom. The third-order valence-corrected chi connectivity index (χ3v) is 6.99. The van der Waals surface area contributed by atoms with Gasteiger partial charge in [0.1, 0.15) is 0 Å². The van der Waals surface area contributed by atoms with E-state index in [9.17, 15) is 9.59 Å². The van der Waals surface area contributed by atoms with Crippen LogP contribution in [0, 0.1) is 11.8 Å². The van der Waals surface area contributed by atoms with E-state index in [0.29, 0.717) is 36.9 Å². The Bertz CT molecular complexity index is 638. The average Bonchev–Trinajstić information content (AvgIpc) is 3.16. The Morgan fingerprint density at radius 1 is 1.15 bits per heavy atom. The number of carbonyl (C=O) groups is 2. The van der Waals surface area contributed by atoms with Gasteiger partial charge in [0, 0.05) is 38.1 Å². The molecule has 1 aliphatic heterocycles. The minimum Gasteiger partial charge on any atom is -0.342 e. The van der Waals surface area contributed by atoms with Gasteiger partial charge in [-0.25, -0.2) is 4.79 Å². The van der Waals surface area contributed by atoms with Gasteiger partial charge in [0.2, 0.25) is 5.91 Å². The number of amides is 3. The average molecular weight is 390 g/mol. The summed E-state index contributed by atoms with van der Waals surface area (Å²) in [5, 5.41) is 7.41. The van der Waals surface area contributed by atoms with Crippen molar-refractivity contribution >= 4 is 23.3 Å². The number of hydrogen-bond acceptors (Lipinski definition) is 3. The summed E-state index contributed by atoms with van der Waals surface area (Å²) in [5.41, 5.74) is 1.22.